The molecule has 1 N–H and O–H groups in total. The summed E-state index contributed by atoms with van der Waals surface area (Å²) in [6, 6.07) is 12.9. The van der Waals surface area contributed by atoms with E-state index in [1.165, 1.54) is 0 Å². The third-order valence-corrected chi connectivity index (χ3v) is 7.17. The lowest BCUT2D eigenvalue weighted by molar-refractivity contribution is -0.121. The fraction of sp³-hybridized carbons (Fsp3) is 0.355. The van der Waals surface area contributed by atoms with Gasteiger partial charge in [0.15, 0.2) is 0 Å². The summed E-state index contributed by atoms with van der Waals surface area (Å²) in [7, 11) is 0. The molecule has 11 nitrogen and oxygen atoms in total. The number of carbonyl (C=O) groups excluding carboxylic acids is 2. The van der Waals surface area contributed by atoms with Gasteiger partial charge in [-0.3, -0.25) is 19.1 Å². The van der Waals surface area contributed by atoms with Crippen molar-refractivity contribution >= 4 is 17.6 Å². The molecule has 0 spiro atoms. The summed E-state index contributed by atoms with van der Waals surface area (Å²) in [5.74, 6) is 1.98. The van der Waals surface area contributed by atoms with Gasteiger partial charge in [0.25, 0.3) is 5.91 Å². The van der Waals surface area contributed by atoms with Crippen LogP contribution in [0.25, 0.3) is 5.95 Å². The van der Waals surface area contributed by atoms with Crippen molar-refractivity contribution in [2.45, 2.75) is 45.7 Å². The molecule has 1 fully saturated rings. The highest BCUT2D eigenvalue weighted by atomic mass is 16.5. The zero-order chi connectivity index (χ0) is 29.5. The van der Waals surface area contributed by atoms with Crippen LogP contribution in [0.4, 0.5) is 5.82 Å². The van der Waals surface area contributed by atoms with Crippen LogP contribution < -0.4 is 15.0 Å². The summed E-state index contributed by atoms with van der Waals surface area (Å²) >= 11 is 0. The Labute approximate surface area is 245 Å². The zero-order valence-corrected chi connectivity index (χ0v) is 24.2. The van der Waals surface area contributed by atoms with E-state index < -0.39 is 0 Å². The third kappa shape index (κ3) is 6.91. The van der Waals surface area contributed by atoms with Crippen molar-refractivity contribution in [3.05, 3.63) is 90.4 Å². The van der Waals surface area contributed by atoms with Crippen molar-refractivity contribution in [3.8, 4) is 11.7 Å². The second-order valence-electron chi connectivity index (χ2n) is 10.5. The number of carbonyl (C=O) groups is 2. The number of imidazole rings is 1. The first kappa shape index (κ1) is 28.7. The van der Waals surface area contributed by atoms with Gasteiger partial charge in [-0.2, -0.15) is 4.98 Å². The van der Waals surface area contributed by atoms with E-state index in [0.29, 0.717) is 44.3 Å². The summed E-state index contributed by atoms with van der Waals surface area (Å²) in [5, 5.41) is 3.04. The van der Waals surface area contributed by atoms with Gasteiger partial charge < -0.3 is 19.9 Å². The van der Waals surface area contributed by atoms with E-state index in [-0.39, 0.29) is 30.2 Å². The molecule has 1 unspecified atom stereocenters. The van der Waals surface area contributed by atoms with Crippen LogP contribution >= 0.6 is 0 Å². The first-order valence-electron chi connectivity index (χ1n) is 14.2. The first-order chi connectivity index (χ1) is 20.4. The van der Waals surface area contributed by atoms with E-state index in [0.717, 1.165) is 22.8 Å². The molecule has 42 heavy (non-hydrogen) atoms. The lowest BCUT2D eigenvalue weighted by atomic mass is 10.1. The number of amides is 2. The molecular formula is C31H36N8O3. The predicted octanol–water partition coefficient (Wildman–Crippen LogP) is 3.62. The maximum Gasteiger partial charge on any atom is 0.255 e. The maximum absolute atomic E-state index is 13.3. The Hall–Kier alpha value is -4.80. The zero-order valence-electron chi connectivity index (χ0n) is 24.2. The Morgan fingerprint density at radius 2 is 1.90 bits per heavy atom. The number of ether oxygens (including phenoxy) is 1. The largest absolute Gasteiger partial charge is 0.494 e. The van der Waals surface area contributed by atoms with Gasteiger partial charge >= 0.3 is 0 Å². The predicted molar refractivity (Wildman–Crippen MR) is 159 cm³/mol. The van der Waals surface area contributed by atoms with E-state index in [1.54, 1.807) is 52.7 Å². The van der Waals surface area contributed by atoms with Crippen LogP contribution in [0.1, 0.15) is 54.7 Å². The molecule has 11 heteroatoms. The van der Waals surface area contributed by atoms with E-state index in [2.05, 4.69) is 34.0 Å². The number of pyridine rings is 1. The Morgan fingerprint density at radius 1 is 1.07 bits per heavy atom. The second kappa shape index (κ2) is 13.2. The molecule has 3 aromatic heterocycles. The van der Waals surface area contributed by atoms with Crippen molar-refractivity contribution < 1.29 is 14.3 Å². The fourth-order valence-corrected chi connectivity index (χ4v) is 4.92. The monoisotopic (exact) mass is 568 g/mol. The van der Waals surface area contributed by atoms with Crippen LogP contribution in [-0.4, -0.2) is 73.5 Å². The molecule has 0 saturated carbocycles. The number of rotatable bonds is 10. The third-order valence-electron chi connectivity index (χ3n) is 7.17. The molecule has 0 bridgehead atoms. The number of aromatic nitrogens is 5. The molecule has 1 aromatic carbocycles. The minimum atomic E-state index is -0.301. The van der Waals surface area contributed by atoms with Gasteiger partial charge in [-0.25, -0.2) is 9.97 Å². The number of anilines is 1. The van der Waals surface area contributed by atoms with Crippen LogP contribution in [0.5, 0.6) is 5.75 Å². The molecule has 4 heterocycles. The molecule has 1 atom stereocenters. The van der Waals surface area contributed by atoms with Gasteiger partial charge in [0.1, 0.15) is 17.9 Å². The molecular weight excluding hydrogens is 532 g/mol. The van der Waals surface area contributed by atoms with Crippen LogP contribution in [0.3, 0.4) is 0 Å². The minimum Gasteiger partial charge on any atom is -0.494 e. The molecule has 2 amide bonds. The van der Waals surface area contributed by atoms with Gasteiger partial charge in [0.2, 0.25) is 11.9 Å². The van der Waals surface area contributed by atoms with E-state index in [1.807, 2.05) is 37.3 Å². The lowest BCUT2D eigenvalue weighted by Crippen LogP contribution is -2.56. The minimum absolute atomic E-state index is 0.104. The first-order valence-corrected chi connectivity index (χ1v) is 14.2. The van der Waals surface area contributed by atoms with Gasteiger partial charge in [-0.1, -0.05) is 26.0 Å². The normalized spacial score (nSPS) is 15.1. The molecule has 1 saturated heterocycles. The number of piperazine rings is 1. The summed E-state index contributed by atoms with van der Waals surface area (Å²) in [6.07, 6.45) is 8.56. The van der Waals surface area contributed by atoms with Crippen molar-refractivity contribution in [3.63, 3.8) is 0 Å². The molecule has 0 radical (unpaired) electrons. The quantitative estimate of drug-likeness (QED) is 0.308. The molecule has 5 rings (SSSR count). The number of nitrogens with zero attached hydrogens (tertiary/aromatic N) is 7. The van der Waals surface area contributed by atoms with E-state index >= 15 is 0 Å². The molecule has 1 aliphatic heterocycles. The SMILES string of the molecule is CCOc1ccc(CNC(=O)CC2CN(C(=O)c3cccnc3)CCN2c2cc(C(C)C)nc(-n3ccnc3)n2)cc1. The molecule has 0 aliphatic carbocycles. The highest BCUT2D eigenvalue weighted by Gasteiger charge is 2.33. The van der Waals surface area contributed by atoms with Crippen molar-refractivity contribution in [2.75, 3.05) is 31.1 Å². The average Bonchev–Trinajstić information content (AvgIpc) is 3.56. The Balaban J connectivity index is 1.38. The summed E-state index contributed by atoms with van der Waals surface area (Å²) in [5.41, 5.74) is 2.38. The van der Waals surface area contributed by atoms with Crippen LogP contribution in [0.15, 0.2) is 73.6 Å². The molecule has 218 valence electrons. The van der Waals surface area contributed by atoms with Crippen molar-refractivity contribution in [1.29, 1.82) is 0 Å². The van der Waals surface area contributed by atoms with E-state index in [4.69, 9.17) is 14.7 Å². The summed E-state index contributed by atoms with van der Waals surface area (Å²) < 4.78 is 7.29. The Bertz CT molecular complexity index is 1480. The van der Waals surface area contributed by atoms with Crippen LogP contribution in [0.2, 0.25) is 0 Å². The standard InChI is InChI=1S/C31H36N8O3/c1-4-42-26-9-7-23(8-10-26)18-34-29(40)16-25-20-37(30(41)24-6-5-11-32-19-24)14-15-39(25)28-17-27(22(2)3)35-31(36-28)38-13-12-33-21-38/h5-13,17,19,21-22,25H,4,14-16,18,20H2,1-3H3,(H,34,40). The highest BCUT2D eigenvalue weighted by molar-refractivity contribution is 5.94. The van der Waals surface area contributed by atoms with Gasteiger partial charge in [-0.15, -0.1) is 0 Å². The lowest BCUT2D eigenvalue weighted by Gasteiger charge is -2.42. The average molecular weight is 569 g/mol. The van der Waals surface area contributed by atoms with Crippen molar-refractivity contribution in [2.24, 2.45) is 0 Å². The second-order valence-corrected chi connectivity index (χ2v) is 10.5. The Kier molecular flexibility index (Phi) is 9.05. The summed E-state index contributed by atoms with van der Waals surface area (Å²) in [4.78, 5) is 48.4. The van der Waals surface area contributed by atoms with Gasteiger partial charge in [0, 0.05) is 63.5 Å². The van der Waals surface area contributed by atoms with Crippen LogP contribution in [0, 0.1) is 0 Å². The fourth-order valence-electron chi connectivity index (χ4n) is 4.92. The maximum atomic E-state index is 13.3. The van der Waals surface area contributed by atoms with Crippen molar-refractivity contribution in [1.82, 2.24) is 34.7 Å². The van der Waals surface area contributed by atoms with Crippen LogP contribution in [-0.2, 0) is 11.3 Å². The molecule has 4 aromatic rings. The number of hydrogen-bond acceptors (Lipinski definition) is 8. The van der Waals surface area contributed by atoms with E-state index in [9.17, 15) is 9.59 Å². The summed E-state index contributed by atoms with van der Waals surface area (Å²) in [6.45, 7) is 8.47. The van der Waals surface area contributed by atoms with Gasteiger partial charge in [-0.05, 0) is 42.7 Å². The smallest absolute Gasteiger partial charge is 0.255 e. The Morgan fingerprint density at radius 3 is 2.60 bits per heavy atom. The highest BCUT2D eigenvalue weighted by Crippen LogP contribution is 2.26. The number of hydrogen-bond donors (Lipinski definition) is 1. The number of nitrogens with one attached hydrogen (secondary N) is 1. The molecule has 1 aliphatic rings. The number of benzene rings is 1. The van der Waals surface area contributed by atoms with Gasteiger partial charge in [0.05, 0.1) is 23.9 Å². The topological polar surface area (TPSA) is 118 Å².